The van der Waals surface area contributed by atoms with Crippen molar-refractivity contribution in [1.82, 2.24) is 5.32 Å². The summed E-state index contributed by atoms with van der Waals surface area (Å²) in [5.41, 5.74) is 0.663. The van der Waals surface area contributed by atoms with E-state index in [1.54, 1.807) is 0 Å². The summed E-state index contributed by atoms with van der Waals surface area (Å²) < 4.78 is 0. The number of carbonyl (C=O) groups is 1. The Kier molecular flexibility index (Phi) is 3.14. The molecule has 1 saturated carbocycles. The molecule has 0 saturated heterocycles. The third-order valence-electron chi connectivity index (χ3n) is 3.41. The van der Waals surface area contributed by atoms with E-state index in [1.165, 1.54) is 0 Å². The van der Waals surface area contributed by atoms with E-state index in [1.807, 2.05) is 37.3 Å². The molecule has 1 aromatic rings. The van der Waals surface area contributed by atoms with E-state index in [0.717, 1.165) is 24.8 Å². The van der Waals surface area contributed by atoms with E-state index in [4.69, 9.17) is 5.26 Å². The molecule has 1 aliphatic rings. The second kappa shape index (κ2) is 4.58. The predicted octanol–water partition coefficient (Wildman–Crippen LogP) is 2.35. The van der Waals surface area contributed by atoms with Crippen molar-refractivity contribution in [2.75, 3.05) is 0 Å². The van der Waals surface area contributed by atoms with E-state index < -0.39 is 5.92 Å². The minimum atomic E-state index is -0.700. The fraction of sp³-hybridized carbons (Fsp3) is 0.429. The predicted molar refractivity (Wildman–Crippen MR) is 65.2 cm³/mol. The molecular weight excluding hydrogens is 212 g/mol. The Bertz CT molecular complexity index is 443. The third kappa shape index (κ3) is 2.47. The molecule has 1 aromatic carbocycles. The quantitative estimate of drug-likeness (QED) is 0.863. The number of rotatable bonds is 3. The molecule has 0 heterocycles. The SMILES string of the molecule is CC1(NC(=O)C(C#N)c2ccccc2)CCC1. The number of carbonyl (C=O) groups excluding carboxylic acids is 1. The molecule has 3 nitrogen and oxygen atoms in total. The molecule has 1 N–H and O–H groups in total. The summed E-state index contributed by atoms with van der Waals surface area (Å²) >= 11 is 0. The summed E-state index contributed by atoms with van der Waals surface area (Å²) in [6.07, 6.45) is 3.16. The Balaban J connectivity index is 2.09. The number of nitriles is 1. The number of nitrogens with zero attached hydrogens (tertiary/aromatic N) is 1. The molecule has 2 rings (SSSR count). The van der Waals surface area contributed by atoms with Gasteiger partial charge < -0.3 is 5.32 Å². The van der Waals surface area contributed by atoms with Crippen molar-refractivity contribution < 1.29 is 4.79 Å². The van der Waals surface area contributed by atoms with Crippen molar-refractivity contribution >= 4 is 5.91 Å². The molecule has 88 valence electrons. The van der Waals surface area contributed by atoms with Gasteiger partial charge in [-0.2, -0.15) is 5.26 Å². The maximum atomic E-state index is 12.0. The Hall–Kier alpha value is -1.82. The summed E-state index contributed by atoms with van der Waals surface area (Å²) in [6.45, 7) is 2.04. The maximum Gasteiger partial charge on any atom is 0.242 e. The van der Waals surface area contributed by atoms with Crippen LogP contribution in [0.2, 0.25) is 0 Å². The van der Waals surface area contributed by atoms with Gasteiger partial charge in [-0.05, 0) is 31.7 Å². The van der Waals surface area contributed by atoms with Gasteiger partial charge >= 0.3 is 0 Å². The number of hydrogen-bond donors (Lipinski definition) is 1. The van der Waals surface area contributed by atoms with E-state index in [2.05, 4.69) is 11.4 Å². The lowest BCUT2D eigenvalue weighted by molar-refractivity contribution is -0.124. The topological polar surface area (TPSA) is 52.9 Å². The molecule has 1 unspecified atom stereocenters. The number of amides is 1. The Morgan fingerprint density at radius 3 is 2.53 bits per heavy atom. The summed E-state index contributed by atoms with van der Waals surface area (Å²) in [7, 11) is 0. The van der Waals surface area contributed by atoms with Gasteiger partial charge in [-0.25, -0.2) is 0 Å². The average Bonchev–Trinajstić information content (AvgIpc) is 2.29. The standard InChI is InChI=1S/C14H16N2O/c1-14(8-5-9-14)16-13(17)12(10-15)11-6-3-2-4-7-11/h2-4,6-7,12H,5,8-9H2,1H3,(H,16,17). The van der Waals surface area contributed by atoms with Crippen molar-refractivity contribution in [3.63, 3.8) is 0 Å². The molecule has 0 aliphatic heterocycles. The lowest BCUT2D eigenvalue weighted by Gasteiger charge is -2.39. The summed E-state index contributed by atoms with van der Waals surface area (Å²) in [6, 6.07) is 11.3. The molecule has 0 aromatic heterocycles. The van der Waals surface area contributed by atoms with E-state index >= 15 is 0 Å². The summed E-state index contributed by atoms with van der Waals surface area (Å²) in [5.74, 6) is -0.880. The molecule has 1 atom stereocenters. The first-order valence-electron chi connectivity index (χ1n) is 5.91. The van der Waals surface area contributed by atoms with Crippen LogP contribution in [0.15, 0.2) is 30.3 Å². The van der Waals surface area contributed by atoms with Gasteiger partial charge in [0.15, 0.2) is 0 Å². The lowest BCUT2D eigenvalue weighted by atomic mass is 9.78. The molecule has 1 fully saturated rings. The van der Waals surface area contributed by atoms with Crippen LogP contribution in [-0.4, -0.2) is 11.4 Å². The number of nitrogens with one attached hydrogen (secondary N) is 1. The molecule has 1 amide bonds. The molecule has 0 spiro atoms. The second-order valence-corrected chi connectivity index (χ2v) is 4.88. The molecule has 17 heavy (non-hydrogen) atoms. The zero-order valence-electron chi connectivity index (χ0n) is 9.94. The van der Waals surface area contributed by atoms with Crippen molar-refractivity contribution in [2.24, 2.45) is 0 Å². The molecular formula is C14H16N2O. The Labute approximate surface area is 101 Å². The zero-order chi connectivity index (χ0) is 12.3. The van der Waals surface area contributed by atoms with Gasteiger partial charge in [0.1, 0.15) is 5.92 Å². The van der Waals surface area contributed by atoms with Crippen LogP contribution in [0.3, 0.4) is 0 Å². The first kappa shape index (κ1) is 11.7. The molecule has 3 heteroatoms. The van der Waals surface area contributed by atoms with Crippen LogP contribution in [-0.2, 0) is 4.79 Å². The Morgan fingerprint density at radius 1 is 1.41 bits per heavy atom. The fourth-order valence-electron chi connectivity index (χ4n) is 2.13. The van der Waals surface area contributed by atoms with E-state index in [0.29, 0.717) is 0 Å². The van der Waals surface area contributed by atoms with Crippen molar-refractivity contribution in [2.45, 2.75) is 37.6 Å². The minimum Gasteiger partial charge on any atom is -0.350 e. The van der Waals surface area contributed by atoms with Crippen LogP contribution in [0.5, 0.6) is 0 Å². The zero-order valence-corrected chi connectivity index (χ0v) is 9.94. The number of benzene rings is 1. The highest BCUT2D eigenvalue weighted by atomic mass is 16.2. The van der Waals surface area contributed by atoms with Crippen molar-refractivity contribution in [1.29, 1.82) is 5.26 Å². The van der Waals surface area contributed by atoms with Gasteiger partial charge in [0.05, 0.1) is 6.07 Å². The van der Waals surface area contributed by atoms with Gasteiger partial charge in [0.25, 0.3) is 0 Å². The summed E-state index contributed by atoms with van der Waals surface area (Å²) in [5, 5.41) is 12.1. The largest absolute Gasteiger partial charge is 0.350 e. The van der Waals surface area contributed by atoms with E-state index in [-0.39, 0.29) is 11.4 Å². The highest BCUT2D eigenvalue weighted by Gasteiger charge is 2.35. The van der Waals surface area contributed by atoms with Crippen LogP contribution < -0.4 is 5.32 Å². The van der Waals surface area contributed by atoms with Crippen LogP contribution in [0, 0.1) is 11.3 Å². The monoisotopic (exact) mass is 228 g/mol. The lowest BCUT2D eigenvalue weighted by Crippen LogP contribution is -2.52. The van der Waals surface area contributed by atoms with Crippen LogP contribution >= 0.6 is 0 Å². The molecule has 1 aliphatic carbocycles. The normalized spacial score (nSPS) is 18.6. The molecule has 0 radical (unpaired) electrons. The van der Waals surface area contributed by atoms with Gasteiger partial charge in [0.2, 0.25) is 5.91 Å². The van der Waals surface area contributed by atoms with Gasteiger partial charge in [-0.3, -0.25) is 4.79 Å². The minimum absolute atomic E-state index is 0.0963. The van der Waals surface area contributed by atoms with Gasteiger partial charge in [0, 0.05) is 5.54 Å². The fourth-order valence-corrected chi connectivity index (χ4v) is 2.13. The Morgan fingerprint density at radius 2 is 2.06 bits per heavy atom. The van der Waals surface area contributed by atoms with Crippen molar-refractivity contribution in [3.05, 3.63) is 35.9 Å². The maximum absolute atomic E-state index is 12.0. The number of hydrogen-bond acceptors (Lipinski definition) is 2. The van der Waals surface area contributed by atoms with Crippen LogP contribution in [0.4, 0.5) is 0 Å². The highest BCUT2D eigenvalue weighted by Crippen LogP contribution is 2.31. The average molecular weight is 228 g/mol. The third-order valence-corrected chi connectivity index (χ3v) is 3.41. The van der Waals surface area contributed by atoms with Crippen LogP contribution in [0.25, 0.3) is 0 Å². The molecule has 0 bridgehead atoms. The van der Waals surface area contributed by atoms with Gasteiger partial charge in [-0.1, -0.05) is 30.3 Å². The summed E-state index contributed by atoms with van der Waals surface area (Å²) in [4.78, 5) is 12.0. The van der Waals surface area contributed by atoms with E-state index in [9.17, 15) is 4.79 Å². The first-order valence-corrected chi connectivity index (χ1v) is 5.91. The van der Waals surface area contributed by atoms with Gasteiger partial charge in [-0.15, -0.1) is 0 Å². The second-order valence-electron chi connectivity index (χ2n) is 4.88. The van der Waals surface area contributed by atoms with Crippen molar-refractivity contribution in [3.8, 4) is 6.07 Å². The smallest absolute Gasteiger partial charge is 0.242 e. The highest BCUT2D eigenvalue weighted by molar-refractivity contribution is 5.87. The first-order chi connectivity index (χ1) is 8.14. The van der Waals surface area contributed by atoms with Crippen LogP contribution in [0.1, 0.15) is 37.7 Å².